The minimum atomic E-state index is 1.30. The van der Waals surface area contributed by atoms with E-state index in [4.69, 9.17) is 0 Å². The highest BCUT2D eigenvalue weighted by atomic mass is 32.3. The summed E-state index contributed by atoms with van der Waals surface area (Å²) in [6.07, 6.45) is 5.70. The quantitative estimate of drug-likeness (QED) is 0.483. The summed E-state index contributed by atoms with van der Waals surface area (Å²) in [5.74, 6) is 2.60. The Labute approximate surface area is 148 Å². The van der Waals surface area contributed by atoms with E-state index in [1.165, 1.54) is 39.1 Å². The fourth-order valence-corrected chi connectivity index (χ4v) is 13.1. The van der Waals surface area contributed by atoms with Gasteiger partial charge in [0.2, 0.25) is 0 Å². The summed E-state index contributed by atoms with van der Waals surface area (Å²) in [4.78, 5) is 0. The molecule has 0 unspecified atom stereocenters. The first-order chi connectivity index (χ1) is 9.31. The van der Waals surface area contributed by atoms with Gasteiger partial charge in [-0.3, -0.25) is 0 Å². The number of hydrogen-bond donors (Lipinski definition) is 0. The molecule has 1 fully saturated rings. The van der Waals surface area contributed by atoms with Gasteiger partial charge in [-0.15, -0.1) is 47.0 Å². The van der Waals surface area contributed by atoms with Gasteiger partial charge in [-0.1, -0.05) is 47.0 Å². The van der Waals surface area contributed by atoms with E-state index in [-0.39, 0.29) is 0 Å². The predicted molar refractivity (Wildman–Crippen MR) is 108 cm³/mol. The van der Waals surface area contributed by atoms with Gasteiger partial charge in [0.25, 0.3) is 0 Å². The van der Waals surface area contributed by atoms with Crippen molar-refractivity contribution in [2.75, 3.05) is 24.0 Å². The summed E-state index contributed by atoms with van der Waals surface area (Å²) >= 11 is 15.8. The van der Waals surface area contributed by atoms with Crippen LogP contribution in [0.2, 0.25) is 0 Å². The molecule has 3 heterocycles. The molecule has 0 aromatic heterocycles. The van der Waals surface area contributed by atoms with E-state index in [1.807, 2.05) is 70.6 Å². The van der Waals surface area contributed by atoms with Crippen LogP contribution in [0.4, 0.5) is 0 Å². The molecule has 0 saturated carbocycles. The van der Waals surface area contributed by atoms with Crippen molar-refractivity contribution >= 4 is 94.1 Å². The average molecular weight is 401 g/mol. The summed E-state index contributed by atoms with van der Waals surface area (Å²) in [6, 6.07) is 0. The zero-order valence-corrected chi connectivity index (χ0v) is 16.9. The van der Waals surface area contributed by atoms with Crippen LogP contribution in [-0.4, -0.2) is 24.0 Å². The normalized spacial score (nSPS) is 23.4. The molecule has 3 rings (SSSR count). The molecule has 8 heteroatoms. The van der Waals surface area contributed by atoms with Crippen LogP contribution in [0.1, 0.15) is 6.42 Å². The van der Waals surface area contributed by atoms with Gasteiger partial charge >= 0.3 is 0 Å². The first-order valence-corrected chi connectivity index (χ1v) is 13.3. The molecule has 0 radical (unpaired) electrons. The van der Waals surface area contributed by atoms with Gasteiger partial charge in [0.1, 0.15) is 0 Å². The van der Waals surface area contributed by atoms with Gasteiger partial charge in [-0.05, 0) is 30.4 Å². The molecule has 3 aliphatic heterocycles. The van der Waals surface area contributed by atoms with Crippen molar-refractivity contribution in [3.8, 4) is 0 Å². The molecule has 0 aliphatic carbocycles. The van der Waals surface area contributed by atoms with E-state index in [1.54, 1.807) is 4.24 Å². The minimum absolute atomic E-state index is 1.30. The fourth-order valence-electron chi connectivity index (χ4n) is 1.55. The third-order valence-corrected chi connectivity index (χ3v) is 13.8. The van der Waals surface area contributed by atoms with Crippen molar-refractivity contribution < 1.29 is 0 Å². The summed E-state index contributed by atoms with van der Waals surface area (Å²) < 4.78 is 9.07. The predicted octanol–water partition coefficient (Wildman–Crippen LogP) is 6.92. The maximum Gasteiger partial charge on any atom is 0.0718 e. The van der Waals surface area contributed by atoms with Crippen molar-refractivity contribution in [3.05, 3.63) is 25.4 Å². The Balaban J connectivity index is 1.70. The molecule has 0 bridgehead atoms. The molecule has 19 heavy (non-hydrogen) atoms. The van der Waals surface area contributed by atoms with Gasteiger partial charge in [0.15, 0.2) is 0 Å². The van der Waals surface area contributed by atoms with Crippen molar-refractivity contribution in [2.45, 2.75) is 6.42 Å². The van der Waals surface area contributed by atoms with E-state index >= 15 is 0 Å². The second-order valence-corrected chi connectivity index (χ2v) is 13.1. The van der Waals surface area contributed by atoms with Crippen molar-refractivity contribution in [3.63, 3.8) is 0 Å². The van der Waals surface area contributed by atoms with Crippen LogP contribution in [0.15, 0.2) is 25.4 Å². The average Bonchev–Trinajstić information content (AvgIpc) is 3.00. The second kappa shape index (κ2) is 7.53. The summed E-state index contributed by atoms with van der Waals surface area (Å²) in [5.41, 5.74) is 0. The number of rotatable bonds is 2. The highest BCUT2D eigenvalue weighted by molar-refractivity contribution is 8.49. The molecule has 0 atom stereocenters. The molecule has 0 amide bonds. The lowest BCUT2D eigenvalue weighted by molar-refractivity contribution is 1.12. The number of thioether (sulfide) groups is 8. The van der Waals surface area contributed by atoms with E-state index in [0.29, 0.717) is 0 Å². The molecule has 0 spiro atoms. The van der Waals surface area contributed by atoms with Crippen LogP contribution in [0.3, 0.4) is 0 Å². The van der Waals surface area contributed by atoms with E-state index in [2.05, 4.69) is 36.0 Å². The molecular formula is C11H12S8. The molecule has 104 valence electrons. The van der Waals surface area contributed by atoms with Crippen LogP contribution in [0.5, 0.6) is 0 Å². The van der Waals surface area contributed by atoms with Crippen LogP contribution in [0.25, 0.3) is 0 Å². The molecule has 1 saturated heterocycles. The fraction of sp³-hybridized carbons (Fsp3) is 0.455. The third-order valence-electron chi connectivity index (χ3n) is 2.37. The Morgan fingerprint density at radius 2 is 1.32 bits per heavy atom. The first kappa shape index (κ1) is 15.9. The molecule has 0 nitrogen and oxygen atoms in total. The smallest absolute Gasteiger partial charge is 0.0718 e. The lowest BCUT2D eigenvalue weighted by Crippen LogP contribution is -1.92. The zero-order valence-electron chi connectivity index (χ0n) is 10.4. The lowest BCUT2D eigenvalue weighted by atomic mass is 10.6. The second-order valence-electron chi connectivity index (χ2n) is 3.59. The topological polar surface area (TPSA) is 0 Å². The maximum absolute atomic E-state index is 2.17. The third kappa shape index (κ3) is 3.68. The molecular weight excluding hydrogens is 389 g/mol. The molecule has 3 aliphatic rings. The summed E-state index contributed by atoms with van der Waals surface area (Å²) in [7, 11) is 0. The van der Waals surface area contributed by atoms with Gasteiger partial charge in [0.05, 0.1) is 25.4 Å². The van der Waals surface area contributed by atoms with Crippen LogP contribution >= 0.6 is 94.1 Å². The maximum atomic E-state index is 2.17. The first-order valence-electron chi connectivity index (χ1n) is 5.59. The van der Waals surface area contributed by atoms with Crippen LogP contribution < -0.4 is 0 Å². The van der Waals surface area contributed by atoms with E-state index in [0.717, 1.165) is 0 Å². The SMILES string of the molecule is CSC(SC)=C1SC2=C(S1)SC(=C1SCCCS1)S2. The Kier molecular flexibility index (Phi) is 6.30. The van der Waals surface area contributed by atoms with Gasteiger partial charge in [-0.2, -0.15) is 0 Å². The van der Waals surface area contributed by atoms with Crippen molar-refractivity contribution in [1.82, 2.24) is 0 Å². The molecule has 0 aromatic carbocycles. The molecule has 0 N–H and O–H groups in total. The summed E-state index contributed by atoms with van der Waals surface area (Å²) in [6.45, 7) is 0. The Morgan fingerprint density at radius 1 is 0.789 bits per heavy atom. The van der Waals surface area contributed by atoms with Crippen LogP contribution in [0, 0.1) is 0 Å². The highest BCUT2D eigenvalue weighted by Crippen LogP contribution is 2.69. The van der Waals surface area contributed by atoms with Gasteiger partial charge < -0.3 is 0 Å². The Morgan fingerprint density at radius 3 is 1.84 bits per heavy atom. The molecule has 0 aromatic rings. The Hall–Kier alpha value is 2.02. The number of hydrogen-bond acceptors (Lipinski definition) is 8. The zero-order chi connectivity index (χ0) is 13.2. The lowest BCUT2D eigenvalue weighted by Gasteiger charge is -2.15. The Bertz CT molecular complexity index is 439. The largest absolute Gasteiger partial charge is 0.121 e. The summed E-state index contributed by atoms with van der Waals surface area (Å²) in [5, 5.41) is 0. The van der Waals surface area contributed by atoms with E-state index in [9.17, 15) is 0 Å². The standard InChI is InChI=1S/C11H12S8/c1-12-6(13-2)8-16-10-11(17-8)19-9(18-10)7-14-4-3-5-15-7/h3-5H2,1-2H3. The monoisotopic (exact) mass is 400 g/mol. The minimum Gasteiger partial charge on any atom is -0.121 e. The van der Waals surface area contributed by atoms with Crippen LogP contribution in [-0.2, 0) is 0 Å². The highest BCUT2D eigenvalue weighted by Gasteiger charge is 2.33. The van der Waals surface area contributed by atoms with E-state index < -0.39 is 0 Å². The van der Waals surface area contributed by atoms with Gasteiger partial charge in [0, 0.05) is 0 Å². The van der Waals surface area contributed by atoms with Gasteiger partial charge in [-0.25, -0.2) is 0 Å². The van der Waals surface area contributed by atoms with Crippen molar-refractivity contribution in [1.29, 1.82) is 0 Å². The van der Waals surface area contributed by atoms with Crippen molar-refractivity contribution in [2.24, 2.45) is 0 Å².